The van der Waals surface area contributed by atoms with Gasteiger partial charge in [-0.15, -0.1) is 13.2 Å². The molecule has 2 N–H and O–H groups in total. The van der Waals surface area contributed by atoms with Gasteiger partial charge in [-0.3, -0.25) is 9.59 Å². The Morgan fingerprint density at radius 1 is 1.06 bits per heavy atom. The molecule has 2 aromatic carbocycles. The summed E-state index contributed by atoms with van der Waals surface area (Å²) in [6, 6.07) is 9.26. The number of hydrogen-bond acceptors (Lipinski definition) is 7. The van der Waals surface area contributed by atoms with Gasteiger partial charge in [-0.1, -0.05) is 18.2 Å². The van der Waals surface area contributed by atoms with Gasteiger partial charge in [0.05, 0.1) is 5.39 Å². The van der Waals surface area contributed by atoms with Crippen LogP contribution < -0.4 is 15.7 Å². The summed E-state index contributed by atoms with van der Waals surface area (Å²) in [6.07, 6.45) is -4.86. The van der Waals surface area contributed by atoms with Crippen LogP contribution in [0.5, 0.6) is 11.5 Å². The van der Waals surface area contributed by atoms with Crippen molar-refractivity contribution in [3.8, 4) is 22.6 Å². The van der Waals surface area contributed by atoms with E-state index < -0.39 is 53.1 Å². The maximum Gasteiger partial charge on any atom is 0.573 e. The van der Waals surface area contributed by atoms with Crippen molar-refractivity contribution in [1.82, 2.24) is 5.32 Å². The minimum atomic E-state index is -4.86. The molecule has 0 fully saturated rings. The molecule has 0 atom stereocenters. The van der Waals surface area contributed by atoms with E-state index in [-0.39, 0.29) is 11.0 Å². The van der Waals surface area contributed by atoms with Gasteiger partial charge < -0.3 is 24.3 Å². The van der Waals surface area contributed by atoms with Gasteiger partial charge in [0, 0.05) is 0 Å². The first kappa shape index (κ1) is 24.6. The molecule has 0 saturated heterocycles. The number of rotatable bonds is 5. The topological polar surface area (TPSA) is 115 Å². The summed E-state index contributed by atoms with van der Waals surface area (Å²) in [5, 5.41) is 12.7. The summed E-state index contributed by atoms with van der Waals surface area (Å²) < 4.78 is 51.6. The number of fused-ring (bicyclic) bond motifs is 1. The Hall–Kier alpha value is -4.02. The number of nitrogens with one attached hydrogen (secondary N) is 1. The highest BCUT2D eigenvalue weighted by molar-refractivity contribution is 6.02. The van der Waals surface area contributed by atoms with Crippen molar-refractivity contribution in [3.63, 3.8) is 0 Å². The average Bonchev–Trinajstić information content (AvgIpc) is 2.69. The molecule has 11 heteroatoms. The highest BCUT2D eigenvalue weighted by Crippen LogP contribution is 2.32. The number of amides is 1. The Morgan fingerprint density at radius 2 is 1.74 bits per heavy atom. The van der Waals surface area contributed by atoms with Crippen LogP contribution in [0.2, 0.25) is 0 Å². The van der Waals surface area contributed by atoms with Gasteiger partial charge >= 0.3 is 18.0 Å². The standard InChI is InChI=1S/C23H20F3NO7/c1-22(2,3)34-17(28)11-27-20(30)18-19(29)15-8-7-13(10-16(15)32-21(18)31)12-5-4-6-14(9-12)33-23(24,25)26/h4-10,29H,11H2,1-3H3,(H,27,30). The molecule has 3 rings (SSSR count). The third-order valence-corrected chi connectivity index (χ3v) is 4.32. The van der Waals surface area contributed by atoms with E-state index in [1.54, 1.807) is 20.8 Å². The molecule has 0 saturated carbocycles. The lowest BCUT2D eigenvalue weighted by Crippen LogP contribution is -2.36. The van der Waals surface area contributed by atoms with Crippen LogP contribution in [-0.2, 0) is 9.53 Å². The first-order chi connectivity index (χ1) is 15.7. The number of alkyl halides is 3. The number of aromatic hydroxyl groups is 1. The zero-order valence-electron chi connectivity index (χ0n) is 18.3. The van der Waals surface area contributed by atoms with Crippen LogP contribution >= 0.6 is 0 Å². The molecule has 0 radical (unpaired) electrons. The predicted octanol–water partition coefficient (Wildman–Crippen LogP) is 4.14. The SMILES string of the molecule is CC(C)(C)OC(=O)CNC(=O)c1c(O)c2ccc(-c3cccc(OC(F)(F)F)c3)cc2oc1=O. The Labute approximate surface area is 190 Å². The van der Waals surface area contributed by atoms with Crippen molar-refractivity contribution in [2.24, 2.45) is 0 Å². The van der Waals surface area contributed by atoms with E-state index in [0.29, 0.717) is 11.1 Å². The molecule has 1 aromatic heterocycles. The van der Waals surface area contributed by atoms with Crippen LogP contribution in [0.3, 0.4) is 0 Å². The zero-order chi connectivity index (χ0) is 25.3. The summed E-state index contributed by atoms with van der Waals surface area (Å²) in [5.74, 6) is -2.90. The molecule has 1 amide bonds. The van der Waals surface area contributed by atoms with E-state index in [2.05, 4.69) is 10.1 Å². The van der Waals surface area contributed by atoms with Gasteiger partial charge in [-0.25, -0.2) is 4.79 Å². The lowest BCUT2D eigenvalue weighted by Gasteiger charge is -2.19. The molecule has 0 aliphatic carbocycles. The number of ether oxygens (including phenoxy) is 2. The molecule has 0 aliphatic heterocycles. The molecule has 1 heterocycles. The smallest absolute Gasteiger partial charge is 0.506 e. The number of carbonyl (C=O) groups is 2. The third kappa shape index (κ3) is 6.06. The zero-order valence-corrected chi connectivity index (χ0v) is 18.3. The van der Waals surface area contributed by atoms with Crippen LogP contribution in [-0.4, -0.2) is 35.5 Å². The Bertz CT molecular complexity index is 1310. The highest BCUT2D eigenvalue weighted by atomic mass is 19.4. The number of hydrogen-bond donors (Lipinski definition) is 2. The second kappa shape index (κ2) is 9.08. The Balaban J connectivity index is 1.89. The van der Waals surface area contributed by atoms with Crippen LogP contribution in [0.15, 0.2) is 51.7 Å². The average molecular weight is 479 g/mol. The van der Waals surface area contributed by atoms with Crippen molar-refractivity contribution in [2.45, 2.75) is 32.7 Å². The van der Waals surface area contributed by atoms with Crippen LogP contribution in [0.4, 0.5) is 13.2 Å². The molecule has 3 aromatic rings. The van der Waals surface area contributed by atoms with E-state index in [4.69, 9.17) is 9.15 Å². The van der Waals surface area contributed by atoms with Gasteiger partial charge in [0.1, 0.15) is 29.2 Å². The third-order valence-electron chi connectivity index (χ3n) is 4.32. The van der Waals surface area contributed by atoms with Crippen molar-refractivity contribution in [1.29, 1.82) is 0 Å². The van der Waals surface area contributed by atoms with Crippen molar-refractivity contribution >= 4 is 22.8 Å². The van der Waals surface area contributed by atoms with Crippen molar-refractivity contribution in [3.05, 3.63) is 58.4 Å². The minimum Gasteiger partial charge on any atom is -0.506 e. The molecular formula is C23H20F3NO7. The fourth-order valence-corrected chi connectivity index (χ4v) is 3.06. The summed E-state index contributed by atoms with van der Waals surface area (Å²) in [4.78, 5) is 36.6. The van der Waals surface area contributed by atoms with E-state index in [1.165, 1.54) is 30.3 Å². The highest BCUT2D eigenvalue weighted by Gasteiger charge is 2.31. The minimum absolute atomic E-state index is 0.00784. The summed E-state index contributed by atoms with van der Waals surface area (Å²) >= 11 is 0. The van der Waals surface area contributed by atoms with E-state index >= 15 is 0 Å². The fourth-order valence-electron chi connectivity index (χ4n) is 3.06. The van der Waals surface area contributed by atoms with Crippen molar-refractivity contribution in [2.75, 3.05) is 6.54 Å². The van der Waals surface area contributed by atoms with E-state index in [0.717, 1.165) is 12.1 Å². The Morgan fingerprint density at radius 3 is 2.38 bits per heavy atom. The lowest BCUT2D eigenvalue weighted by atomic mass is 10.0. The number of benzene rings is 2. The summed E-state index contributed by atoms with van der Waals surface area (Å²) in [5.41, 5.74) is -2.06. The monoisotopic (exact) mass is 479 g/mol. The van der Waals surface area contributed by atoms with E-state index in [1.807, 2.05) is 0 Å². The number of carbonyl (C=O) groups excluding carboxylic acids is 2. The van der Waals surface area contributed by atoms with Crippen LogP contribution in [0.1, 0.15) is 31.1 Å². The quantitative estimate of drug-likeness (QED) is 0.418. The normalized spacial score (nSPS) is 11.8. The molecule has 8 nitrogen and oxygen atoms in total. The van der Waals surface area contributed by atoms with Gasteiger partial charge in [-0.2, -0.15) is 0 Å². The van der Waals surface area contributed by atoms with Gasteiger partial charge in [0.2, 0.25) is 0 Å². The van der Waals surface area contributed by atoms with Crippen molar-refractivity contribution < 1.29 is 41.8 Å². The second-order valence-electron chi connectivity index (χ2n) is 8.17. The molecule has 0 bridgehead atoms. The lowest BCUT2D eigenvalue weighted by molar-refractivity contribution is -0.274. The molecule has 0 unspecified atom stereocenters. The number of halogens is 3. The van der Waals surface area contributed by atoms with Gasteiger partial charge in [-0.05, 0) is 56.2 Å². The molecular weight excluding hydrogens is 459 g/mol. The maximum atomic E-state index is 12.5. The van der Waals surface area contributed by atoms with Crippen LogP contribution in [0, 0.1) is 0 Å². The molecule has 0 spiro atoms. The van der Waals surface area contributed by atoms with Gasteiger partial charge in [0.25, 0.3) is 5.91 Å². The largest absolute Gasteiger partial charge is 0.573 e. The first-order valence-corrected chi connectivity index (χ1v) is 9.89. The molecule has 180 valence electrons. The summed E-state index contributed by atoms with van der Waals surface area (Å²) in [6.45, 7) is 4.39. The predicted molar refractivity (Wildman–Crippen MR) is 114 cm³/mol. The van der Waals surface area contributed by atoms with E-state index in [9.17, 15) is 32.7 Å². The summed E-state index contributed by atoms with van der Waals surface area (Å²) in [7, 11) is 0. The second-order valence-corrected chi connectivity index (χ2v) is 8.17. The maximum absolute atomic E-state index is 12.5. The molecule has 34 heavy (non-hydrogen) atoms. The number of esters is 1. The van der Waals surface area contributed by atoms with Crippen LogP contribution in [0.25, 0.3) is 22.1 Å². The Kier molecular flexibility index (Phi) is 6.58. The first-order valence-electron chi connectivity index (χ1n) is 9.89. The fraction of sp³-hybridized carbons (Fsp3) is 0.261. The van der Waals surface area contributed by atoms with Gasteiger partial charge in [0.15, 0.2) is 5.56 Å². The molecule has 0 aliphatic rings.